The van der Waals surface area contributed by atoms with E-state index in [0.717, 1.165) is 25.1 Å². The number of rotatable bonds is 5. The van der Waals surface area contributed by atoms with Gasteiger partial charge in [0.1, 0.15) is 0 Å². The van der Waals surface area contributed by atoms with Crippen LogP contribution in [0.25, 0.3) is 0 Å². The molecule has 0 saturated carbocycles. The molecule has 0 saturated heterocycles. The average Bonchev–Trinajstić information content (AvgIpc) is 2.55. The van der Waals surface area contributed by atoms with Gasteiger partial charge in [0.2, 0.25) is 10.0 Å². The fourth-order valence-electron chi connectivity index (χ4n) is 3.01. The van der Waals surface area contributed by atoms with Crippen LogP contribution in [0.15, 0.2) is 48.5 Å². The van der Waals surface area contributed by atoms with Crippen molar-refractivity contribution < 1.29 is 8.42 Å². The smallest absolute Gasteiger partial charge is 0.232 e. The lowest BCUT2D eigenvalue weighted by molar-refractivity contribution is 0.600. The van der Waals surface area contributed by atoms with Gasteiger partial charge in [0, 0.05) is 23.6 Å². The van der Waals surface area contributed by atoms with Gasteiger partial charge in [-0.25, -0.2) is 8.42 Å². The molecular weight excluding hydrogens is 308 g/mol. The molecule has 23 heavy (non-hydrogen) atoms. The van der Waals surface area contributed by atoms with E-state index in [1.807, 2.05) is 31.2 Å². The molecule has 122 valence electrons. The van der Waals surface area contributed by atoms with Crippen LogP contribution in [0.4, 0.5) is 17.1 Å². The molecule has 0 fully saturated rings. The predicted molar refractivity (Wildman–Crippen MR) is 95.9 cm³/mol. The first-order chi connectivity index (χ1) is 11.1. The molecule has 1 aliphatic rings. The van der Waals surface area contributed by atoms with Crippen LogP contribution in [0.2, 0.25) is 0 Å². The zero-order chi connectivity index (χ0) is 16.3. The van der Waals surface area contributed by atoms with Crippen molar-refractivity contribution in [3.8, 4) is 0 Å². The van der Waals surface area contributed by atoms with Gasteiger partial charge in [0.05, 0.1) is 5.75 Å². The summed E-state index contributed by atoms with van der Waals surface area (Å²) in [6, 6.07) is 16.1. The van der Waals surface area contributed by atoms with E-state index in [9.17, 15) is 8.42 Å². The number of benzene rings is 2. The largest absolute Gasteiger partial charge is 0.341 e. The van der Waals surface area contributed by atoms with Crippen molar-refractivity contribution in [1.82, 2.24) is 0 Å². The maximum Gasteiger partial charge on any atom is 0.232 e. The summed E-state index contributed by atoms with van der Waals surface area (Å²) in [7, 11) is -3.23. The molecule has 0 radical (unpaired) electrons. The van der Waals surface area contributed by atoms with Gasteiger partial charge in [-0.15, -0.1) is 0 Å². The standard InChI is InChI=1S/C18H22N2O2S/c1-2-14-23(21,22)19-16-9-11-17(12-10-16)20-13-5-7-15-6-3-4-8-18(15)20/h3-4,6,8-12,19H,2,5,7,13-14H2,1H3. The number of hydrogen-bond acceptors (Lipinski definition) is 3. The van der Waals surface area contributed by atoms with Crippen molar-refractivity contribution in [2.75, 3.05) is 21.9 Å². The van der Waals surface area contributed by atoms with Gasteiger partial charge in [-0.2, -0.15) is 0 Å². The van der Waals surface area contributed by atoms with Gasteiger partial charge in [0.25, 0.3) is 0 Å². The SMILES string of the molecule is CCCS(=O)(=O)Nc1ccc(N2CCCc3ccccc32)cc1. The number of nitrogens with one attached hydrogen (secondary N) is 1. The minimum absolute atomic E-state index is 0.147. The Hall–Kier alpha value is -2.01. The highest BCUT2D eigenvalue weighted by Gasteiger charge is 2.17. The first-order valence-corrected chi connectivity index (χ1v) is 9.70. The summed E-state index contributed by atoms with van der Waals surface area (Å²) in [5, 5.41) is 0. The molecule has 3 rings (SSSR count). The second-order valence-electron chi connectivity index (χ2n) is 5.85. The van der Waals surface area contributed by atoms with E-state index in [-0.39, 0.29) is 5.75 Å². The van der Waals surface area contributed by atoms with Gasteiger partial charge in [-0.3, -0.25) is 4.72 Å². The van der Waals surface area contributed by atoms with Crippen LogP contribution in [0.1, 0.15) is 25.3 Å². The topological polar surface area (TPSA) is 49.4 Å². The third-order valence-electron chi connectivity index (χ3n) is 4.04. The minimum Gasteiger partial charge on any atom is -0.341 e. The summed E-state index contributed by atoms with van der Waals surface area (Å²) < 4.78 is 26.3. The van der Waals surface area contributed by atoms with Crippen LogP contribution < -0.4 is 9.62 Å². The highest BCUT2D eigenvalue weighted by molar-refractivity contribution is 7.92. The minimum atomic E-state index is -3.23. The monoisotopic (exact) mass is 330 g/mol. The second-order valence-corrected chi connectivity index (χ2v) is 7.69. The lowest BCUT2D eigenvalue weighted by atomic mass is 10.0. The van der Waals surface area contributed by atoms with Crippen LogP contribution >= 0.6 is 0 Å². The number of hydrogen-bond donors (Lipinski definition) is 1. The highest BCUT2D eigenvalue weighted by atomic mass is 32.2. The first-order valence-electron chi connectivity index (χ1n) is 8.05. The Balaban J connectivity index is 1.81. The third-order valence-corrected chi connectivity index (χ3v) is 5.53. The van der Waals surface area contributed by atoms with Crippen molar-refractivity contribution in [2.45, 2.75) is 26.2 Å². The Labute approximate surface area is 138 Å². The first kappa shape index (κ1) is 15.9. The molecule has 4 nitrogen and oxygen atoms in total. The Kier molecular flexibility index (Phi) is 4.57. The van der Waals surface area contributed by atoms with E-state index in [0.29, 0.717) is 12.1 Å². The van der Waals surface area contributed by atoms with Gasteiger partial charge in [0.15, 0.2) is 0 Å². The molecule has 0 unspecified atom stereocenters. The number of aryl methyl sites for hydroxylation is 1. The molecule has 1 heterocycles. The summed E-state index contributed by atoms with van der Waals surface area (Å²) in [6.07, 6.45) is 2.85. The van der Waals surface area contributed by atoms with Crippen LogP contribution in [0.5, 0.6) is 0 Å². The van der Waals surface area contributed by atoms with E-state index in [4.69, 9.17) is 0 Å². The Bertz CT molecular complexity index is 770. The Morgan fingerprint density at radius 2 is 1.83 bits per heavy atom. The van der Waals surface area contributed by atoms with Crippen molar-refractivity contribution in [2.24, 2.45) is 0 Å². The van der Waals surface area contributed by atoms with Crippen molar-refractivity contribution in [1.29, 1.82) is 0 Å². The molecule has 5 heteroatoms. The molecule has 2 aromatic carbocycles. The summed E-state index contributed by atoms with van der Waals surface area (Å²) in [6.45, 7) is 2.84. The molecule has 0 spiro atoms. The van der Waals surface area contributed by atoms with Crippen molar-refractivity contribution in [3.63, 3.8) is 0 Å². The predicted octanol–water partition coefficient (Wildman–Crippen LogP) is 3.92. The van der Waals surface area contributed by atoms with Gasteiger partial charge in [-0.05, 0) is 55.2 Å². The number of sulfonamides is 1. The lowest BCUT2D eigenvalue weighted by Crippen LogP contribution is -2.24. The van der Waals surface area contributed by atoms with Gasteiger partial charge < -0.3 is 4.90 Å². The summed E-state index contributed by atoms with van der Waals surface area (Å²) in [4.78, 5) is 2.29. The van der Waals surface area contributed by atoms with E-state index in [2.05, 4.69) is 33.9 Å². The lowest BCUT2D eigenvalue weighted by Gasteiger charge is -2.31. The molecule has 0 aromatic heterocycles. The molecule has 0 bridgehead atoms. The van der Waals surface area contributed by atoms with E-state index < -0.39 is 10.0 Å². The fourth-order valence-corrected chi connectivity index (χ4v) is 4.15. The highest BCUT2D eigenvalue weighted by Crippen LogP contribution is 2.33. The maximum absolute atomic E-state index is 11.8. The van der Waals surface area contributed by atoms with Crippen LogP contribution in [-0.4, -0.2) is 20.7 Å². The van der Waals surface area contributed by atoms with Crippen molar-refractivity contribution in [3.05, 3.63) is 54.1 Å². The summed E-state index contributed by atoms with van der Waals surface area (Å²) >= 11 is 0. The summed E-state index contributed by atoms with van der Waals surface area (Å²) in [5.41, 5.74) is 4.33. The molecule has 1 N–H and O–H groups in total. The molecular formula is C18H22N2O2S. The molecule has 1 aliphatic heterocycles. The molecule has 0 amide bonds. The molecule has 2 aromatic rings. The van der Waals surface area contributed by atoms with Crippen LogP contribution in [0.3, 0.4) is 0 Å². The van der Waals surface area contributed by atoms with E-state index in [1.54, 1.807) is 0 Å². The Morgan fingerprint density at radius 1 is 1.09 bits per heavy atom. The molecule has 0 aliphatic carbocycles. The van der Waals surface area contributed by atoms with Crippen LogP contribution in [0, 0.1) is 0 Å². The number of fused-ring (bicyclic) bond motifs is 1. The normalized spacial score (nSPS) is 14.4. The third kappa shape index (κ3) is 3.67. The average molecular weight is 330 g/mol. The van der Waals surface area contributed by atoms with Gasteiger partial charge in [-0.1, -0.05) is 25.1 Å². The van der Waals surface area contributed by atoms with E-state index >= 15 is 0 Å². The second kappa shape index (κ2) is 6.62. The quantitative estimate of drug-likeness (QED) is 0.904. The number of para-hydroxylation sites is 1. The zero-order valence-corrected chi connectivity index (χ0v) is 14.1. The zero-order valence-electron chi connectivity index (χ0n) is 13.3. The summed E-state index contributed by atoms with van der Waals surface area (Å²) in [5.74, 6) is 0.147. The number of nitrogens with zero attached hydrogens (tertiary/aromatic N) is 1. The molecule has 0 atom stereocenters. The van der Waals surface area contributed by atoms with Crippen molar-refractivity contribution >= 4 is 27.1 Å². The van der Waals surface area contributed by atoms with Crippen LogP contribution in [-0.2, 0) is 16.4 Å². The van der Waals surface area contributed by atoms with Gasteiger partial charge >= 0.3 is 0 Å². The fraction of sp³-hybridized carbons (Fsp3) is 0.333. The number of anilines is 3. The maximum atomic E-state index is 11.8. The van der Waals surface area contributed by atoms with E-state index in [1.165, 1.54) is 11.3 Å². The Morgan fingerprint density at radius 3 is 2.57 bits per heavy atom.